The van der Waals surface area contributed by atoms with Crippen molar-refractivity contribution in [3.05, 3.63) is 98.0 Å². The number of aryl methyl sites for hydroxylation is 1. The molecule has 3 aromatic rings. The Balaban J connectivity index is 1.56. The lowest BCUT2D eigenvalue weighted by Crippen LogP contribution is -2.01. The highest BCUT2D eigenvalue weighted by Crippen LogP contribution is 2.27. The number of nitro benzene ring substituents is 1. The largest absolute Gasteiger partial charge is 0.488 e. The van der Waals surface area contributed by atoms with E-state index < -0.39 is 4.92 Å². The summed E-state index contributed by atoms with van der Waals surface area (Å²) in [6, 6.07) is 20.8. The topological polar surface area (TPSA) is 64.4 Å². The van der Waals surface area contributed by atoms with Gasteiger partial charge in [-0.1, -0.05) is 25.1 Å². The number of hydrogen-bond acceptors (Lipinski definition) is 4. The molecule has 6 heteroatoms. The van der Waals surface area contributed by atoms with Gasteiger partial charge in [-0.05, 0) is 75.4 Å². The van der Waals surface area contributed by atoms with E-state index in [4.69, 9.17) is 4.74 Å². The summed E-state index contributed by atoms with van der Waals surface area (Å²) in [5.41, 5.74) is 4.49. The molecule has 0 unspecified atom stereocenters. The van der Waals surface area contributed by atoms with Gasteiger partial charge >= 0.3 is 0 Å². The zero-order chi connectivity index (χ0) is 19.9. The summed E-state index contributed by atoms with van der Waals surface area (Å²) in [4.78, 5) is 10.3. The third kappa shape index (κ3) is 5.33. The molecule has 0 aliphatic carbocycles. The molecule has 0 bridgehead atoms. The Morgan fingerprint density at radius 2 is 1.61 bits per heavy atom. The molecule has 0 aliphatic heterocycles. The zero-order valence-electron chi connectivity index (χ0n) is 15.5. The molecule has 0 spiro atoms. The highest BCUT2D eigenvalue weighted by atomic mass is 79.9. The Morgan fingerprint density at radius 3 is 2.21 bits per heavy atom. The lowest BCUT2D eigenvalue weighted by Gasteiger charge is -2.11. The summed E-state index contributed by atoms with van der Waals surface area (Å²) < 4.78 is 6.70. The van der Waals surface area contributed by atoms with Gasteiger partial charge in [-0.3, -0.25) is 10.1 Å². The first kappa shape index (κ1) is 19.9. The van der Waals surface area contributed by atoms with Crippen molar-refractivity contribution in [1.29, 1.82) is 0 Å². The molecule has 0 aromatic heterocycles. The minimum atomic E-state index is -0.411. The van der Waals surface area contributed by atoms with Crippen LogP contribution in [0.4, 0.5) is 11.4 Å². The molecule has 3 aromatic carbocycles. The van der Waals surface area contributed by atoms with Crippen LogP contribution in [0.3, 0.4) is 0 Å². The van der Waals surface area contributed by atoms with Gasteiger partial charge < -0.3 is 10.1 Å². The average Bonchev–Trinajstić information content (AvgIpc) is 2.72. The Morgan fingerprint density at radius 1 is 0.964 bits per heavy atom. The summed E-state index contributed by atoms with van der Waals surface area (Å²) >= 11 is 3.55. The Bertz CT molecular complexity index is 941. The molecule has 0 saturated carbocycles. The van der Waals surface area contributed by atoms with E-state index in [1.54, 1.807) is 12.1 Å². The summed E-state index contributed by atoms with van der Waals surface area (Å²) in [6.07, 6.45) is 1.04. The minimum absolute atomic E-state index is 0.0751. The van der Waals surface area contributed by atoms with E-state index in [1.165, 1.54) is 17.7 Å². The molecule has 0 fully saturated rings. The van der Waals surface area contributed by atoms with Crippen LogP contribution in [0.25, 0.3) is 0 Å². The first-order chi connectivity index (χ1) is 13.5. The molecule has 3 rings (SSSR count). The zero-order valence-corrected chi connectivity index (χ0v) is 17.1. The number of ether oxygens (including phenoxy) is 1. The molecule has 0 aliphatic rings. The van der Waals surface area contributed by atoms with Crippen molar-refractivity contribution in [2.75, 3.05) is 5.32 Å². The van der Waals surface area contributed by atoms with Crippen LogP contribution in [0.1, 0.15) is 23.6 Å². The van der Waals surface area contributed by atoms with Gasteiger partial charge in [0.2, 0.25) is 0 Å². The number of benzene rings is 3. The maximum absolute atomic E-state index is 10.7. The van der Waals surface area contributed by atoms with Gasteiger partial charge in [-0.2, -0.15) is 0 Å². The van der Waals surface area contributed by atoms with E-state index in [9.17, 15) is 10.1 Å². The molecule has 0 amide bonds. The Hall–Kier alpha value is -2.86. The number of hydrogen-bond donors (Lipinski definition) is 1. The molecular formula is C22H21BrN2O3. The van der Waals surface area contributed by atoms with Crippen molar-refractivity contribution in [2.45, 2.75) is 26.5 Å². The first-order valence-corrected chi connectivity index (χ1v) is 9.82. The SMILES string of the molecule is CCc1ccc(NCc2ccc(OCc3ccc([N+](=O)[O-])cc3)c(Br)c2)cc1. The highest BCUT2D eigenvalue weighted by Gasteiger charge is 2.06. The van der Waals surface area contributed by atoms with Crippen molar-refractivity contribution in [3.8, 4) is 5.75 Å². The van der Waals surface area contributed by atoms with Gasteiger partial charge in [0, 0.05) is 24.4 Å². The fourth-order valence-corrected chi connectivity index (χ4v) is 3.25. The molecule has 0 heterocycles. The quantitative estimate of drug-likeness (QED) is 0.338. The van der Waals surface area contributed by atoms with Crippen LogP contribution in [0.2, 0.25) is 0 Å². The lowest BCUT2D eigenvalue weighted by atomic mass is 10.1. The fourth-order valence-electron chi connectivity index (χ4n) is 2.71. The molecule has 28 heavy (non-hydrogen) atoms. The number of halogens is 1. The molecule has 0 atom stereocenters. The number of nitrogens with one attached hydrogen (secondary N) is 1. The van der Waals surface area contributed by atoms with E-state index in [0.717, 1.165) is 33.5 Å². The lowest BCUT2D eigenvalue weighted by molar-refractivity contribution is -0.384. The van der Waals surface area contributed by atoms with E-state index in [-0.39, 0.29) is 5.69 Å². The fraction of sp³-hybridized carbons (Fsp3) is 0.182. The van der Waals surface area contributed by atoms with Gasteiger partial charge in [0.25, 0.3) is 5.69 Å². The van der Waals surface area contributed by atoms with Crippen LogP contribution in [-0.2, 0) is 19.6 Å². The van der Waals surface area contributed by atoms with Crippen molar-refractivity contribution >= 4 is 27.3 Å². The van der Waals surface area contributed by atoms with Crippen LogP contribution in [0.5, 0.6) is 5.75 Å². The van der Waals surface area contributed by atoms with Crippen molar-refractivity contribution in [2.24, 2.45) is 0 Å². The van der Waals surface area contributed by atoms with Gasteiger partial charge in [-0.15, -0.1) is 0 Å². The van der Waals surface area contributed by atoms with Crippen LogP contribution in [0.15, 0.2) is 71.2 Å². The second kappa shape index (κ2) is 9.37. The van der Waals surface area contributed by atoms with E-state index >= 15 is 0 Å². The smallest absolute Gasteiger partial charge is 0.269 e. The highest BCUT2D eigenvalue weighted by molar-refractivity contribution is 9.10. The van der Waals surface area contributed by atoms with Crippen LogP contribution < -0.4 is 10.1 Å². The number of nitro groups is 1. The van der Waals surface area contributed by atoms with E-state index in [0.29, 0.717) is 13.2 Å². The number of nitrogens with zero attached hydrogens (tertiary/aromatic N) is 1. The van der Waals surface area contributed by atoms with Crippen molar-refractivity contribution < 1.29 is 9.66 Å². The van der Waals surface area contributed by atoms with E-state index in [1.807, 2.05) is 18.2 Å². The van der Waals surface area contributed by atoms with Crippen LogP contribution >= 0.6 is 15.9 Å². The second-order valence-electron chi connectivity index (χ2n) is 6.38. The third-order valence-corrected chi connectivity index (χ3v) is 5.02. The second-order valence-corrected chi connectivity index (χ2v) is 7.24. The summed E-state index contributed by atoms with van der Waals surface area (Å²) in [6.45, 7) is 3.20. The van der Waals surface area contributed by atoms with Gasteiger partial charge in [0.15, 0.2) is 0 Å². The summed E-state index contributed by atoms with van der Waals surface area (Å²) in [7, 11) is 0. The Kier molecular flexibility index (Phi) is 6.66. The molecule has 5 nitrogen and oxygen atoms in total. The van der Waals surface area contributed by atoms with E-state index in [2.05, 4.69) is 52.4 Å². The minimum Gasteiger partial charge on any atom is -0.488 e. The average molecular weight is 441 g/mol. The maximum atomic E-state index is 10.7. The molecule has 0 saturated heterocycles. The van der Waals surface area contributed by atoms with Crippen molar-refractivity contribution in [3.63, 3.8) is 0 Å². The summed E-state index contributed by atoms with van der Waals surface area (Å²) in [5, 5.41) is 14.1. The molecular weight excluding hydrogens is 420 g/mol. The van der Waals surface area contributed by atoms with Gasteiger partial charge in [-0.25, -0.2) is 0 Å². The number of rotatable bonds is 8. The predicted octanol–water partition coefficient (Wildman–Crippen LogP) is 6.11. The Labute approximate surface area is 172 Å². The van der Waals surface area contributed by atoms with Crippen molar-refractivity contribution in [1.82, 2.24) is 0 Å². The maximum Gasteiger partial charge on any atom is 0.269 e. The van der Waals surface area contributed by atoms with Crippen LogP contribution in [-0.4, -0.2) is 4.92 Å². The monoisotopic (exact) mass is 440 g/mol. The normalized spacial score (nSPS) is 10.5. The number of anilines is 1. The summed E-state index contributed by atoms with van der Waals surface area (Å²) in [5.74, 6) is 0.731. The van der Waals surface area contributed by atoms with Gasteiger partial charge in [0.1, 0.15) is 12.4 Å². The molecule has 1 N–H and O–H groups in total. The standard InChI is InChI=1S/C22H21BrN2O3/c1-2-16-3-8-19(9-4-16)24-14-18-7-12-22(21(23)13-18)28-15-17-5-10-20(11-6-17)25(26)27/h3-13,24H,2,14-15H2,1H3. The molecule has 144 valence electrons. The predicted molar refractivity (Wildman–Crippen MR) is 115 cm³/mol. The third-order valence-electron chi connectivity index (χ3n) is 4.40. The first-order valence-electron chi connectivity index (χ1n) is 9.02. The molecule has 0 radical (unpaired) electrons. The van der Waals surface area contributed by atoms with Gasteiger partial charge in [0.05, 0.1) is 9.40 Å². The van der Waals surface area contributed by atoms with Crippen LogP contribution in [0, 0.1) is 10.1 Å². The number of non-ortho nitro benzene ring substituents is 1.